The first-order chi connectivity index (χ1) is 12.0. The molecular weight excluding hydrogens is 320 g/mol. The Bertz CT molecular complexity index is 542. The van der Waals surface area contributed by atoms with Gasteiger partial charge in [-0.2, -0.15) is 0 Å². The molecule has 6 nitrogen and oxygen atoms in total. The van der Waals surface area contributed by atoms with E-state index in [0.717, 1.165) is 24.4 Å². The SMILES string of the molecule is COc1cccc(COCC(=O)NC[C@@H](C)N2C[C@@H](C)O[C@@H](C)C2)c1. The highest BCUT2D eigenvalue weighted by molar-refractivity contribution is 5.77. The standard InChI is InChI=1S/C19H30N2O4/c1-14(21-10-15(2)25-16(3)11-21)9-20-19(22)13-24-12-17-6-5-7-18(8-17)23-4/h5-8,14-16H,9-13H2,1-4H3,(H,20,22)/t14-,15-,16+/m1/s1. The van der Waals surface area contributed by atoms with Crippen LogP contribution in [0.3, 0.4) is 0 Å². The van der Waals surface area contributed by atoms with Crippen LogP contribution in [0.15, 0.2) is 24.3 Å². The lowest BCUT2D eigenvalue weighted by molar-refractivity contribution is -0.126. The summed E-state index contributed by atoms with van der Waals surface area (Å²) in [5.74, 6) is 0.692. The molecule has 1 fully saturated rings. The summed E-state index contributed by atoms with van der Waals surface area (Å²) in [4.78, 5) is 14.3. The largest absolute Gasteiger partial charge is 0.497 e. The van der Waals surface area contributed by atoms with E-state index in [-0.39, 0.29) is 30.8 Å². The molecule has 140 valence electrons. The molecule has 2 rings (SSSR count). The van der Waals surface area contributed by atoms with Gasteiger partial charge in [0.15, 0.2) is 0 Å². The van der Waals surface area contributed by atoms with Crippen molar-refractivity contribution < 1.29 is 19.0 Å². The lowest BCUT2D eigenvalue weighted by atomic mass is 10.2. The molecule has 1 aromatic carbocycles. The molecule has 0 radical (unpaired) electrons. The van der Waals surface area contributed by atoms with E-state index < -0.39 is 0 Å². The second-order valence-electron chi connectivity index (χ2n) is 6.71. The van der Waals surface area contributed by atoms with Crippen molar-refractivity contribution in [1.29, 1.82) is 0 Å². The molecule has 1 aliphatic heterocycles. The minimum Gasteiger partial charge on any atom is -0.497 e. The van der Waals surface area contributed by atoms with Crippen LogP contribution < -0.4 is 10.1 Å². The lowest BCUT2D eigenvalue weighted by Crippen LogP contribution is -2.52. The van der Waals surface area contributed by atoms with Gasteiger partial charge in [-0.05, 0) is 38.5 Å². The second-order valence-corrected chi connectivity index (χ2v) is 6.71. The maximum Gasteiger partial charge on any atom is 0.246 e. The van der Waals surface area contributed by atoms with Crippen LogP contribution in [-0.4, -0.2) is 62.4 Å². The number of carbonyl (C=O) groups is 1. The predicted molar refractivity (Wildman–Crippen MR) is 96.7 cm³/mol. The zero-order chi connectivity index (χ0) is 18.2. The van der Waals surface area contributed by atoms with E-state index in [1.54, 1.807) is 7.11 Å². The molecule has 3 atom stereocenters. The van der Waals surface area contributed by atoms with E-state index in [2.05, 4.69) is 31.0 Å². The number of nitrogens with zero attached hydrogens (tertiary/aromatic N) is 1. The first-order valence-electron chi connectivity index (χ1n) is 8.84. The highest BCUT2D eigenvalue weighted by Gasteiger charge is 2.25. The molecule has 1 saturated heterocycles. The van der Waals surface area contributed by atoms with Gasteiger partial charge in [-0.15, -0.1) is 0 Å². The number of hydrogen-bond donors (Lipinski definition) is 1. The van der Waals surface area contributed by atoms with Crippen molar-refractivity contribution in [2.75, 3.05) is 33.4 Å². The summed E-state index contributed by atoms with van der Waals surface area (Å²) in [6, 6.07) is 7.91. The zero-order valence-corrected chi connectivity index (χ0v) is 15.7. The second kappa shape index (κ2) is 9.75. The van der Waals surface area contributed by atoms with Gasteiger partial charge in [0.25, 0.3) is 0 Å². The zero-order valence-electron chi connectivity index (χ0n) is 15.7. The van der Waals surface area contributed by atoms with Gasteiger partial charge in [0.1, 0.15) is 12.4 Å². The Kier molecular flexibility index (Phi) is 7.68. The van der Waals surface area contributed by atoms with Gasteiger partial charge < -0.3 is 19.5 Å². The van der Waals surface area contributed by atoms with Gasteiger partial charge in [-0.1, -0.05) is 12.1 Å². The van der Waals surface area contributed by atoms with Crippen molar-refractivity contribution in [2.24, 2.45) is 0 Å². The molecule has 1 N–H and O–H groups in total. The van der Waals surface area contributed by atoms with Crippen molar-refractivity contribution in [3.05, 3.63) is 29.8 Å². The minimum absolute atomic E-state index is 0.0554. The molecule has 25 heavy (non-hydrogen) atoms. The average molecular weight is 350 g/mol. The number of amides is 1. The molecule has 6 heteroatoms. The van der Waals surface area contributed by atoms with Gasteiger partial charge in [0.05, 0.1) is 25.9 Å². The van der Waals surface area contributed by atoms with Gasteiger partial charge in [0.2, 0.25) is 5.91 Å². The molecule has 1 amide bonds. The van der Waals surface area contributed by atoms with Gasteiger partial charge in [0, 0.05) is 25.7 Å². The summed E-state index contributed by atoms with van der Waals surface area (Å²) >= 11 is 0. The van der Waals surface area contributed by atoms with E-state index in [4.69, 9.17) is 14.2 Å². The predicted octanol–water partition coefficient (Wildman–Crippen LogP) is 1.83. The average Bonchev–Trinajstić information content (AvgIpc) is 2.59. The lowest BCUT2D eigenvalue weighted by Gasteiger charge is -2.38. The monoisotopic (exact) mass is 350 g/mol. The molecule has 1 aliphatic rings. The Morgan fingerprint density at radius 3 is 2.76 bits per heavy atom. The van der Waals surface area contributed by atoms with Crippen LogP contribution >= 0.6 is 0 Å². The molecule has 0 unspecified atom stereocenters. The topological polar surface area (TPSA) is 60.0 Å². The Balaban J connectivity index is 1.66. The van der Waals surface area contributed by atoms with Gasteiger partial charge in [-0.25, -0.2) is 0 Å². The first kappa shape index (κ1) is 19.7. The first-order valence-corrected chi connectivity index (χ1v) is 8.84. The Hall–Kier alpha value is -1.63. The Labute approximate surface area is 150 Å². The molecule has 0 saturated carbocycles. The maximum atomic E-state index is 12.0. The summed E-state index contributed by atoms with van der Waals surface area (Å²) in [5, 5.41) is 2.95. The normalized spacial score (nSPS) is 22.4. The fourth-order valence-corrected chi connectivity index (χ4v) is 3.04. The van der Waals surface area contributed by atoms with Gasteiger partial charge >= 0.3 is 0 Å². The van der Waals surface area contributed by atoms with E-state index >= 15 is 0 Å². The smallest absolute Gasteiger partial charge is 0.246 e. The fraction of sp³-hybridized carbons (Fsp3) is 0.632. The van der Waals surface area contributed by atoms with Crippen molar-refractivity contribution in [1.82, 2.24) is 10.2 Å². The molecule has 0 aromatic heterocycles. The van der Waals surface area contributed by atoms with Crippen molar-refractivity contribution in [3.8, 4) is 5.75 Å². The number of benzene rings is 1. The van der Waals surface area contributed by atoms with Crippen LogP contribution in [0.4, 0.5) is 0 Å². The summed E-state index contributed by atoms with van der Waals surface area (Å²) in [7, 11) is 1.63. The van der Waals surface area contributed by atoms with Crippen LogP contribution in [0.2, 0.25) is 0 Å². The minimum atomic E-state index is -0.0934. The van der Waals surface area contributed by atoms with Crippen molar-refractivity contribution in [3.63, 3.8) is 0 Å². The number of hydrogen-bond acceptors (Lipinski definition) is 5. The summed E-state index contributed by atoms with van der Waals surface area (Å²) in [6.07, 6.45) is 0.459. The summed E-state index contributed by atoms with van der Waals surface area (Å²) in [6.45, 7) is 9.14. The quantitative estimate of drug-likeness (QED) is 0.775. The van der Waals surface area contributed by atoms with Gasteiger partial charge in [-0.3, -0.25) is 9.69 Å². The third kappa shape index (κ3) is 6.65. The summed E-state index contributed by atoms with van der Waals surface area (Å²) < 4.78 is 16.4. The summed E-state index contributed by atoms with van der Waals surface area (Å²) in [5.41, 5.74) is 0.983. The number of nitrogens with one attached hydrogen (secondary N) is 1. The van der Waals surface area contributed by atoms with E-state index in [1.807, 2.05) is 24.3 Å². The highest BCUT2D eigenvalue weighted by atomic mass is 16.5. The molecule has 1 heterocycles. The number of ether oxygens (including phenoxy) is 3. The molecule has 0 aliphatic carbocycles. The molecule has 0 bridgehead atoms. The molecule has 0 spiro atoms. The van der Waals surface area contributed by atoms with Crippen LogP contribution in [0.25, 0.3) is 0 Å². The van der Waals surface area contributed by atoms with Crippen molar-refractivity contribution in [2.45, 2.75) is 45.6 Å². The highest BCUT2D eigenvalue weighted by Crippen LogP contribution is 2.14. The Morgan fingerprint density at radius 2 is 2.08 bits per heavy atom. The number of methoxy groups -OCH3 is 1. The van der Waals surface area contributed by atoms with E-state index in [0.29, 0.717) is 13.2 Å². The van der Waals surface area contributed by atoms with Crippen LogP contribution in [0.1, 0.15) is 26.3 Å². The number of carbonyl (C=O) groups excluding carboxylic acids is 1. The van der Waals surface area contributed by atoms with Crippen LogP contribution in [0, 0.1) is 0 Å². The van der Waals surface area contributed by atoms with Crippen LogP contribution in [0.5, 0.6) is 5.75 Å². The molecular formula is C19H30N2O4. The third-order valence-corrected chi connectivity index (χ3v) is 4.30. The number of rotatable bonds is 8. The van der Waals surface area contributed by atoms with Crippen LogP contribution in [-0.2, 0) is 20.9 Å². The van der Waals surface area contributed by atoms with Crippen molar-refractivity contribution >= 4 is 5.91 Å². The Morgan fingerprint density at radius 1 is 1.36 bits per heavy atom. The van der Waals surface area contributed by atoms with E-state index in [1.165, 1.54) is 0 Å². The fourth-order valence-electron chi connectivity index (χ4n) is 3.04. The van der Waals surface area contributed by atoms with E-state index in [9.17, 15) is 4.79 Å². The number of morpholine rings is 1. The third-order valence-electron chi connectivity index (χ3n) is 4.30. The maximum absolute atomic E-state index is 12.0. The molecule has 1 aromatic rings.